The van der Waals surface area contributed by atoms with Gasteiger partial charge in [-0.3, -0.25) is 0 Å². The molecule has 0 aliphatic carbocycles. The summed E-state index contributed by atoms with van der Waals surface area (Å²) in [4.78, 5) is 0. The van der Waals surface area contributed by atoms with Crippen LogP contribution in [-0.2, 0) is 11.3 Å². The SMILES string of the molecule is COC(O)Cn1cnnn1. The molecule has 6 heteroatoms. The Hall–Kier alpha value is -1.01. The largest absolute Gasteiger partial charge is 0.366 e. The van der Waals surface area contributed by atoms with Crippen molar-refractivity contribution in [3.05, 3.63) is 6.33 Å². The molecule has 56 valence electrons. The molecular formula is C4H8N4O2. The van der Waals surface area contributed by atoms with Gasteiger partial charge < -0.3 is 9.84 Å². The van der Waals surface area contributed by atoms with E-state index >= 15 is 0 Å². The van der Waals surface area contributed by atoms with Crippen molar-refractivity contribution in [1.82, 2.24) is 20.2 Å². The van der Waals surface area contributed by atoms with Gasteiger partial charge in [0.1, 0.15) is 6.33 Å². The molecule has 0 fully saturated rings. The number of aliphatic hydroxyl groups is 1. The standard InChI is InChI=1S/C4H8N4O2/c1-10-4(9)2-8-3-5-6-7-8/h3-4,9H,2H2,1H3. The van der Waals surface area contributed by atoms with E-state index in [9.17, 15) is 0 Å². The van der Waals surface area contributed by atoms with Gasteiger partial charge in [0.15, 0.2) is 6.29 Å². The maximum Gasteiger partial charge on any atom is 0.174 e. The number of aromatic nitrogens is 4. The number of tetrazole rings is 1. The zero-order valence-electron chi connectivity index (χ0n) is 5.51. The van der Waals surface area contributed by atoms with Crippen LogP contribution in [0.25, 0.3) is 0 Å². The molecule has 0 saturated carbocycles. The molecule has 1 heterocycles. The lowest BCUT2D eigenvalue weighted by Crippen LogP contribution is -2.17. The van der Waals surface area contributed by atoms with Crippen molar-refractivity contribution in [1.29, 1.82) is 0 Å². The van der Waals surface area contributed by atoms with Gasteiger partial charge in [0.2, 0.25) is 0 Å². The number of hydrogen-bond acceptors (Lipinski definition) is 5. The van der Waals surface area contributed by atoms with Crippen molar-refractivity contribution in [3.63, 3.8) is 0 Å². The zero-order valence-corrected chi connectivity index (χ0v) is 5.51. The third kappa shape index (κ3) is 1.74. The van der Waals surface area contributed by atoms with Gasteiger partial charge in [-0.2, -0.15) is 0 Å². The first kappa shape index (κ1) is 7.10. The summed E-state index contributed by atoms with van der Waals surface area (Å²) < 4.78 is 5.95. The number of methoxy groups -OCH3 is 1. The summed E-state index contributed by atoms with van der Waals surface area (Å²) in [6.45, 7) is 0.253. The van der Waals surface area contributed by atoms with Gasteiger partial charge in [-0.15, -0.1) is 5.10 Å². The van der Waals surface area contributed by atoms with Crippen molar-refractivity contribution >= 4 is 0 Å². The van der Waals surface area contributed by atoms with Gasteiger partial charge in [0, 0.05) is 7.11 Å². The molecule has 0 amide bonds. The van der Waals surface area contributed by atoms with Crippen molar-refractivity contribution < 1.29 is 9.84 Å². The quantitative estimate of drug-likeness (QED) is 0.530. The average Bonchev–Trinajstić information content (AvgIpc) is 2.40. The second kappa shape index (κ2) is 3.23. The van der Waals surface area contributed by atoms with Crippen LogP contribution >= 0.6 is 0 Å². The van der Waals surface area contributed by atoms with Gasteiger partial charge in [0.05, 0.1) is 6.54 Å². The molecule has 1 N–H and O–H groups in total. The van der Waals surface area contributed by atoms with Crippen LogP contribution in [-0.4, -0.2) is 38.7 Å². The maximum atomic E-state index is 8.89. The first-order valence-corrected chi connectivity index (χ1v) is 2.74. The minimum absolute atomic E-state index is 0.253. The fourth-order valence-corrected chi connectivity index (χ4v) is 0.498. The zero-order chi connectivity index (χ0) is 7.40. The predicted octanol–water partition coefficient (Wildman–Crippen LogP) is -1.36. The Kier molecular flexibility index (Phi) is 2.30. The number of ether oxygens (including phenoxy) is 1. The number of hydrogen-bond donors (Lipinski definition) is 1. The topological polar surface area (TPSA) is 73.1 Å². The maximum absolute atomic E-state index is 8.89. The summed E-state index contributed by atoms with van der Waals surface area (Å²) in [5.74, 6) is 0. The third-order valence-electron chi connectivity index (χ3n) is 1.01. The Morgan fingerprint density at radius 3 is 3.10 bits per heavy atom. The summed E-state index contributed by atoms with van der Waals surface area (Å²) in [5.41, 5.74) is 0. The van der Waals surface area contributed by atoms with Gasteiger partial charge in [-0.25, -0.2) is 4.68 Å². The van der Waals surface area contributed by atoms with E-state index in [0.29, 0.717) is 0 Å². The van der Waals surface area contributed by atoms with Crippen LogP contribution in [0.1, 0.15) is 0 Å². The molecule has 10 heavy (non-hydrogen) atoms. The van der Waals surface area contributed by atoms with Crippen molar-refractivity contribution in [2.75, 3.05) is 7.11 Å². The van der Waals surface area contributed by atoms with Crippen LogP contribution < -0.4 is 0 Å². The Morgan fingerprint density at radius 1 is 1.80 bits per heavy atom. The average molecular weight is 144 g/mol. The lowest BCUT2D eigenvalue weighted by atomic mass is 10.6. The fraction of sp³-hybridized carbons (Fsp3) is 0.750. The van der Waals surface area contributed by atoms with Gasteiger partial charge in [0.25, 0.3) is 0 Å². The molecule has 1 unspecified atom stereocenters. The molecule has 0 aromatic carbocycles. The van der Waals surface area contributed by atoms with E-state index in [-0.39, 0.29) is 6.54 Å². The molecule has 0 saturated heterocycles. The number of nitrogens with zero attached hydrogens (tertiary/aromatic N) is 4. The van der Waals surface area contributed by atoms with Crippen molar-refractivity contribution in [2.24, 2.45) is 0 Å². The molecule has 0 spiro atoms. The molecule has 0 aliphatic heterocycles. The molecule has 0 aliphatic rings. The highest BCUT2D eigenvalue weighted by molar-refractivity contribution is 4.47. The fourth-order valence-electron chi connectivity index (χ4n) is 0.498. The molecular weight excluding hydrogens is 136 g/mol. The summed E-state index contributed by atoms with van der Waals surface area (Å²) in [5, 5.41) is 19.2. The number of rotatable bonds is 3. The van der Waals surface area contributed by atoms with E-state index in [4.69, 9.17) is 5.11 Å². The Morgan fingerprint density at radius 2 is 2.60 bits per heavy atom. The second-order valence-electron chi connectivity index (χ2n) is 1.72. The van der Waals surface area contributed by atoms with Crippen LogP contribution in [0.2, 0.25) is 0 Å². The smallest absolute Gasteiger partial charge is 0.174 e. The number of aliphatic hydroxyl groups excluding tert-OH is 1. The van der Waals surface area contributed by atoms with Crippen LogP contribution in [0, 0.1) is 0 Å². The Labute approximate surface area is 57.4 Å². The predicted molar refractivity (Wildman–Crippen MR) is 30.8 cm³/mol. The lowest BCUT2D eigenvalue weighted by molar-refractivity contribution is -0.0855. The summed E-state index contributed by atoms with van der Waals surface area (Å²) in [6.07, 6.45) is 0.561. The Bertz CT molecular complexity index is 175. The highest BCUT2D eigenvalue weighted by atomic mass is 16.6. The Balaban J connectivity index is 2.40. The van der Waals surface area contributed by atoms with E-state index in [1.165, 1.54) is 18.1 Å². The minimum atomic E-state index is -0.844. The van der Waals surface area contributed by atoms with Gasteiger partial charge in [-0.1, -0.05) is 0 Å². The first-order chi connectivity index (χ1) is 4.83. The van der Waals surface area contributed by atoms with E-state index < -0.39 is 6.29 Å². The minimum Gasteiger partial charge on any atom is -0.366 e. The summed E-state index contributed by atoms with van der Waals surface area (Å²) in [7, 11) is 1.41. The van der Waals surface area contributed by atoms with E-state index in [2.05, 4.69) is 20.3 Å². The molecule has 0 bridgehead atoms. The highest BCUT2D eigenvalue weighted by Crippen LogP contribution is 1.86. The van der Waals surface area contributed by atoms with Crippen LogP contribution in [0.15, 0.2) is 6.33 Å². The molecule has 1 atom stereocenters. The summed E-state index contributed by atoms with van der Waals surface area (Å²) >= 11 is 0. The van der Waals surface area contributed by atoms with E-state index in [1.807, 2.05) is 0 Å². The third-order valence-corrected chi connectivity index (χ3v) is 1.01. The second-order valence-corrected chi connectivity index (χ2v) is 1.72. The van der Waals surface area contributed by atoms with Crippen molar-refractivity contribution in [2.45, 2.75) is 12.8 Å². The van der Waals surface area contributed by atoms with Crippen LogP contribution in [0.4, 0.5) is 0 Å². The van der Waals surface area contributed by atoms with Crippen LogP contribution in [0.3, 0.4) is 0 Å². The molecule has 6 nitrogen and oxygen atoms in total. The monoisotopic (exact) mass is 144 g/mol. The summed E-state index contributed by atoms with van der Waals surface area (Å²) in [6, 6.07) is 0. The molecule has 1 aromatic rings. The molecule has 0 radical (unpaired) electrons. The molecule has 1 rings (SSSR count). The van der Waals surface area contributed by atoms with Crippen molar-refractivity contribution in [3.8, 4) is 0 Å². The first-order valence-electron chi connectivity index (χ1n) is 2.74. The van der Waals surface area contributed by atoms with E-state index in [1.54, 1.807) is 0 Å². The normalized spacial score (nSPS) is 13.4. The van der Waals surface area contributed by atoms with Gasteiger partial charge in [-0.05, 0) is 10.4 Å². The lowest BCUT2D eigenvalue weighted by Gasteiger charge is -2.05. The van der Waals surface area contributed by atoms with Crippen LogP contribution in [0.5, 0.6) is 0 Å². The van der Waals surface area contributed by atoms with Gasteiger partial charge >= 0.3 is 0 Å². The van der Waals surface area contributed by atoms with E-state index in [0.717, 1.165) is 0 Å². The molecule has 1 aromatic heterocycles. The highest BCUT2D eigenvalue weighted by Gasteiger charge is 2.01.